The molecule has 0 saturated carbocycles. The molecule has 0 spiro atoms. The molecule has 2 rings (SSSR count). The molecule has 0 unspecified atom stereocenters. The van der Waals surface area contributed by atoms with Gasteiger partial charge in [-0.25, -0.2) is 0 Å². The maximum atomic E-state index is 12.1. The number of halogens is 2. The molecule has 0 radical (unpaired) electrons. The zero-order valence-electron chi connectivity index (χ0n) is 10.8. The molecule has 8 heteroatoms. The first kappa shape index (κ1) is 15.9. The topological polar surface area (TPSA) is 63.7 Å². The molecule has 1 saturated heterocycles. The highest BCUT2D eigenvalue weighted by Crippen LogP contribution is 2.33. The van der Waals surface area contributed by atoms with Crippen LogP contribution >= 0.6 is 35.0 Å². The minimum absolute atomic E-state index is 0.210. The molecule has 0 N–H and O–H groups in total. The molecule has 5 nitrogen and oxygen atoms in total. The molecule has 1 aromatic carbocycles. The molecule has 0 aliphatic carbocycles. The van der Waals surface area contributed by atoms with Gasteiger partial charge in [-0.05, 0) is 35.5 Å². The second-order valence-electron chi connectivity index (χ2n) is 4.02. The first-order valence-corrected chi connectivity index (χ1v) is 7.27. The molecule has 0 bridgehead atoms. The van der Waals surface area contributed by atoms with E-state index in [2.05, 4.69) is 4.74 Å². The monoisotopic (exact) mass is 345 g/mol. The zero-order valence-corrected chi connectivity index (χ0v) is 13.1. The Morgan fingerprint density at radius 3 is 2.67 bits per heavy atom. The van der Waals surface area contributed by atoms with Crippen molar-refractivity contribution < 1.29 is 19.1 Å². The Labute approximate surface area is 134 Å². The van der Waals surface area contributed by atoms with Crippen molar-refractivity contribution in [3.05, 3.63) is 38.7 Å². The van der Waals surface area contributed by atoms with Crippen LogP contribution < -0.4 is 0 Å². The van der Waals surface area contributed by atoms with Gasteiger partial charge < -0.3 is 4.74 Å². The Morgan fingerprint density at radius 2 is 2.05 bits per heavy atom. The number of rotatable bonds is 3. The number of nitrogens with zero attached hydrogens (tertiary/aromatic N) is 1. The number of hydrogen-bond donors (Lipinski definition) is 0. The Balaban J connectivity index is 2.23. The quantitative estimate of drug-likeness (QED) is 0.621. The van der Waals surface area contributed by atoms with Crippen LogP contribution in [-0.4, -0.2) is 35.7 Å². The molecule has 1 heterocycles. The third kappa shape index (κ3) is 3.58. The SMILES string of the molecule is COC(=O)CN1C(=O)S/C(=C\c2ccc(Cl)c(Cl)c2)C1=O. The maximum Gasteiger partial charge on any atom is 0.325 e. The number of ether oxygens (including phenoxy) is 1. The first-order valence-electron chi connectivity index (χ1n) is 5.69. The van der Waals surface area contributed by atoms with Crippen LogP contribution in [0, 0.1) is 0 Å². The number of imide groups is 1. The molecule has 1 aromatic rings. The van der Waals surface area contributed by atoms with Crippen molar-refractivity contribution in [2.24, 2.45) is 0 Å². The van der Waals surface area contributed by atoms with Gasteiger partial charge in [0.2, 0.25) is 0 Å². The summed E-state index contributed by atoms with van der Waals surface area (Å²) in [6.45, 7) is -0.403. The van der Waals surface area contributed by atoms with E-state index in [0.717, 1.165) is 16.7 Å². The normalized spacial score (nSPS) is 16.7. The van der Waals surface area contributed by atoms with E-state index >= 15 is 0 Å². The fraction of sp³-hybridized carbons (Fsp3) is 0.154. The van der Waals surface area contributed by atoms with Gasteiger partial charge in [0.1, 0.15) is 6.54 Å². The third-order valence-corrected chi connectivity index (χ3v) is 4.28. The summed E-state index contributed by atoms with van der Waals surface area (Å²) in [5, 5.41) is 0.225. The first-order chi connectivity index (χ1) is 9.92. The summed E-state index contributed by atoms with van der Waals surface area (Å²) in [5.74, 6) is -1.20. The average Bonchev–Trinajstić information content (AvgIpc) is 2.70. The van der Waals surface area contributed by atoms with Gasteiger partial charge in [-0.1, -0.05) is 29.3 Å². The van der Waals surface area contributed by atoms with Crippen molar-refractivity contribution in [3.63, 3.8) is 0 Å². The van der Waals surface area contributed by atoms with E-state index in [1.54, 1.807) is 18.2 Å². The number of hydrogen-bond acceptors (Lipinski definition) is 5. The lowest BCUT2D eigenvalue weighted by molar-refractivity contribution is -0.143. The average molecular weight is 346 g/mol. The largest absolute Gasteiger partial charge is 0.468 e. The lowest BCUT2D eigenvalue weighted by Gasteiger charge is -2.09. The highest BCUT2D eigenvalue weighted by atomic mass is 35.5. The van der Waals surface area contributed by atoms with Gasteiger partial charge in [-0.2, -0.15) is 0 Å². The molecule has 1 aliphatic rings. The number of carbonyl (C=O) groups is 3. The molecule has 1 aliphatic heterocycles. The molecule has 0 aromatic heterocycles. The standard InChI is InChI=1S/C13H9Cl2NO4S/c1-20-11(17)6-16-12(18)10(21-13(16)19)5-7-2-3-8(14)9(15)4-7/h2-5H,6H2,1H3/b10-5-. The van der Waals surface area contributed by atoms with Crippen LogP contribution in [0.2, 0.25) is 10.0 Å². The van der Waals surface area contributed by atoms with Gasteiger partial charge in [0, 0.05) is 0 Å². The number of esters is 1. The summed E-state index contributed by atoms with van der Waals surface area (Å²) in [4.78, 5) is 36.0. The van der Waals surface area contributed by atoms with E-state index in [1.165, 1.54) is 13.2 Å². The Bertz CT molecular complexity index is 660. The van der Waals surface area contributed by atoms with E-state index in [4.69, 9.17) is 23.2 Å². The molecular weight excluding hydrogens is 337 g/mol. The highest BCUT2D eigenvalue weighted by Gasteiger charge is 2.36. The summed E-state index contributed by atoms with van der Waals surface area (Å²) in [6, 6.07) is 4.84. The molecule has 110 valence electrons. The lowest BCUT2D eigenvalue weighted by atomic mass is 10.2. The van der Waals surface area contributed by atoms with Gasteiger partial charge in [0.15, 0.2) is 0 Å². The number of amides is 2. The van der Waals surface area contributed by atoms with E-state index in [9.17, 15) is 14.4 Å². The van der Waals surface area contributed by atoms with Gasteiger partial charge in [-0.15, -0.1) is 0 Å². The summed E-state index contributed by atoms with van der Waals surface area (Å²) in [5.41, 5.74) is 0.632. The number of benzene rings is 1. The Kier molecular flexibility index (Phi) is 4.92. The minimum Gasteiger partial charge on any atom is -0.468 e. The lowest BCUT2D eigenvalue weighted by Crippen LogP contribution is -2.34. The van der Waals surface area contributed by atoms with Gasteiger partial charge >= 0.3 is 5.97 Å². The van der Waals surface area contributed by atoms with Crippen molar-refractivity contribution in [2.75, 3.05) is 13.7 Å². The van der Waals surface area contributed by atoms with Crippen LogP contribution in [0.3, 0.4) is 0 Å². The highest BCUT2D eigenvalue weighted by molar-refractivity contribution is 8.18. The predicted octanol–water partition coefficient (Wildman–Crippen LogP) is 3.20. The third-order valence-electron chi connectivity index (χ3n) is 2.63. The van der Waals surface area contributed by atoms with Crippen molar-refractivity contribution in [2.45, 2.75) is 0 Å². The summed E-state index contributed by atoms with van der Waals surface area (Å²) in [7, 11) is 1.19. The van der Waals surface area contributed by atoms with E-state index in [-0.39, 0.29) is 4.91 Å². The Morgan fingerprint density at radius 1 is 1.33 bits per heavy atom. The van der Waals surface area contributed by atoms with Crippen LogP contribution in [0.5, 0.6) is 0 Å². The fourth-order valence-electron chi connectivity index (χ4n) is 1.58. The summed E-state index contributed by atoms with van der Waals surface area (Å²) in [6.07, 6.45) is 1.52. The number of carbonyl (C=O) groups excluding carboxylic acids is 3. The molecule has 21 heavy (non-hydrogen) atoms. The van der Waals surface area contributed by atoms with Crippen LogP contribution in [0.4, 0.5) is 4.79 Å². The van der Waals surface area contributed by atoms with Gasteiger partial charge in [0.25, 0.3) is 11.1 Å². The van der Waals surface area contributed by atoms with Crippen molar-refractivity contribution in [1.82, 2.24) is 4.90 Å². The van der Waals surface area contributed by atoms with Crippen molar-refractivity contribution >= 4 is 58.2 Å². The smallest absolute Gasteiger partial charge is 0.325 e. The minimum atomic E-state index is -0.659. The van der Waals surface area contributed by atoms with E-state index in [1.807, 2.05) is 0 Å². The summed E-state index contributed by atoms with van der Waals surface area (Å²) >= 11 is 12.5. The Hall–Kier alpha value is -1.50. The van der Waals surface area contributed by atoms with Crippen LogP contribution in [0.15, 0.2) is 23.1 Å². The second-order valence-corrected chi connectivity index (χ2v) is 5.83. The predicted molar refractivity (Wildman–Crippen MR) is 81.2 cm³/mol. The van der Waals surface area contributed by atoms with Gasteiger partial charge in [0.05, 0.1) is 22.1 Å². The van der Waals surface area contributed by atoms with Crippen LogP contribution in [0.1, 0.15) is 5.56 Å². The zero-order chi connectivity index (χ0) is 15.6. The number of thioether (sulfide) groups is 1. The van der Waals surface area contributed by atoms with Crippen molar-refractivity contribution in [1.29, 1.82) is 0 Å². The molecule has 0 atom stereocenters. The maximum absolute atomic E-state index is 12.1. The van der Waals surface area contributed by atoms with Crippen molar-refractivity contribution in [3.8, 4) is 0 Å². The molecule has 1 fully saturated rings. The van der Waals surface area contributed by atoms with E-state index < -0.39 is 23.7 Å². The van der Waals surface area contributed by atoms with Gasteiger partial charge in [-0.3, -0.25) is 19.3 Å². The second kappa shape index (κ2) is 6.51. The van der Waals surface area contributed by atoms with E-state index in [0.29, 0.717) is 15.6 Å². The molecular formula is C13H9Cl2NO4S. The number of methoxy groups -OCH3 is 1. The molecule has 2 amide bonds. The van der Waals surface area contributed by atoms with Crippen LogP contribution in [-0.2, 0) is 14.3 Å². The fourth-order valence-corrected chi connectivity index (χ4v) is 2.73. The van der Waals surface area contributed by atoms with Crippen LogP contribution in [0.25, 0.3) is 6.08 Å². The summed E-state index contributed by atoms with van der Waals surface area (Å²) < 4.78 is 4.45.